The van der Waals surface area contributed by atoms with E-state index in [1.54, 1.807) is 6.07 Å². The lowest BCUT2D eigenvalue weighted by molar-refractivity contribution is 0.388. The number of rotatable bonds is 3. The summed E-state index contributed by atoms with van der Waals surface area (Å²) in [5.41, 5.74) is 0.851. The number of nitrogens with zero attached hydrogens (tertiary/aromatic N) is 2. The molecule has 0 bridgehead atoms. The van der Waals surface area contributed by atoms with E-state index in [4.69, 9.17) is 0 Å². The van der Waals surface area contributed by atoms with Crippen molar-refractivity contribution in [1.82, 2.24) is 0 Å². The van der Waals surface area contributed by atoms with Gasteiger partial charge in [-0.1, -0.05) is 6.07 Å². The van der Waals surface area contributed by atoms with Gasteiger partial charge in [0.05, 0.1) is 11.0 Å². The van der Waals surface area contributed by atoms with E-state index in [0.29, 0.717) is 5.39 Å². The molecule has 0 fully saturated rings. The monoisotopic (exact) mass is 300 g/mol. The first-order valence-corrected chi connectivity index (χ1v) is 8.12. The van der Waals surface area contributed by atoms with Gasteiger partial charge in [0.2, 0.25) is 0 Å². The minimum atomic E-state index is -4.29. The smallest absolute Gasteiger partial charge is 0.356 e. The number of hydrogen-bond donors (Lipinski definition) is 2. The second kappa shape index (κ2) is 4.80. The number of fused-ring (bicyclic) bond motifs is 1. The Labute approximate surface area is 116 Å². The van der Waals surface area contributed by atoms with E-state index in [0.717, 1.165) is 15.4 Å². The Morgan fingerprint density at radius 1 is 1.11 bits per heavy atom. The minimum absolute atomic E-state index is 0.0954. The van der Waals surface area contributed by atoms with E-state index in [1.165, 1.54) is 17.4 Å². The molecule has 104 valence electrons. The number of thiophene rings is 1. The molecule has 0 aliphatic rings. The first-order chi connectivity index (χ1) is 8.73. The molecule has 1 aromatic carbocycles. The predicted molar refractivity (Wildman–Crippen MR) is 82.2 cm³/mol. The van der Waals surface area contributed by atoms with Gasteiger partial charge in [0.1, 0.15) is 5.00 Å². The second-order valence-corrected chi connectivity index (χ2v) is 7.34. The Morgan fingerprint density at radius 3 is 2.21 bits per heavy atom. The van der Waals surface area contributed by atoms with Crippen LogP contribution in [0, 0.1) is 0 Å². The lowest BCUT2D eigenvalue weighted by Gasteiger charge is -2.19. The fraction of sp³-hybridized carbons (Fsp3) is 0.333. The largest absolute Gasteiger partial charge is 0.375 e. The molecule has 2 aromatic rings. The highest BCUT2D eigenvalue weighted by molar-refractivity contribution is 7.61. The van der Waals surface area contributed by atoms with Gasteiger partial charge in [-0.15, -0.1) is 11.3 Å². The molecule has 0 radical (unpaired) electrons. The lowest BCUT2D eigenvalue weighted by atomic mass is 10.2. The molecule has 0 aliphatic carbocycles. The summed E-state index contributed by atoms with van der Waals surface area (Å²) < 4.78 is 12.6. The highest BCUT2D eigenvalue weighted by Gasteiger charge is 2.26. The molecule has 5 nitrogen and oxygen atoms in total. The average molecular weight is 300 g/mol. The third kappa shape index (κ3) is 2.49. The quantitative estimate of drug-likeness (QED) is 0.847. The fourth-order valence-electron chi connectivity index (χ4n) is 2.06. The topological polar surface area (TPSA) is 64.0 Å². The van der Waals surface area contributed by atoms with Crippen molar-refractivity contribution in [2.24, 2.45) is 0 Å². The summed E-state index contributed by atoms with van der Waals surface area (Å²) in [5, 5.41) is 1.73. The summed E-state index contributed by atoms with van der Waals surface area (Å²) in [6.45, 7) is 0. The average Bonchev–Trinajstić information content (AvgIpc) is 2.66. The molecular weight excluding hydrogens is 283 g/mol. The molecule has 0 amide bonds. The van der Waals surface area contributed by atoms with Crippen LogP contribution in [-0.4, -0.2) is 38.0 Å². The second-order valence-electron chi connectivity index (χ2n) is 4.74. The third-order valence-electron chi connectivity index (χ3n) is 2.82. The van der Waals surface area contributed by atoms with Gasteiger partial charge in [0, 0.05) is 38.3 Å². The predicted octanol–water partition coefficient (Wildman–Crippen LogP) is 1.84. The Morgan fingerprint density at radius 2 is 1.74 bits per heavy atom. The highest BCUT2D eigenvalue weighted by Crippen LogP contribution is 2.47. The van der Waals surface area contributed by atoms with Crippen molar-refractivity contribution in [3.8, 4) is 0 Å². The first kappa shape index (κ1) is 14.3. The maximum Gasteiger partial charge on any atom is 0.356 e. The van der Waals surface area contributed by atoms with Crippen LogP contribution in [0.4, 0.5) is 10.7 Å². The van der Waals surface area contributed by atoms with Crippen molar-refractivity contribution < 1.29 is 14.4 Å². The summed E-state index contributed by atoms with van der Waals surface area (Å²) in [5.74, 6) is 0. The van der Waals surface area contributed by atoms with E-state index in [9.17, 15) is 14.4 Å². The van der Waals surface area contributed by atoms with E-state index in [1.807, 2.05) is 44.1 Å². The minimum Gasteiger partial charge on any atom is -0.375 e. The molecule has 7 heteroatoms. The van der Waals surface area contributed by atoms with Crippen molar-refractivity contribution in [3.05, 3.63) is 18.2 Å². The summed E-state index contributed by atoms with van der Waals surface area (Å²) in [6, 6.07) is 5.08. The number of anilines is 2. The van der Waals surface area contributed by atoms with Gasteiger partial charge in [-0.05, 0) is 12.1 Å². The van der Waals surface area contributed by atoms with E-state index >= 15 is 0 Å². The van der Waals surface area contributed by atoms with Gasteiger partial charge in [-0.2, -0.15) is 0 Å². The molecular formula is C12H17N2O3PS. The van der Waals surface area contributed by atoms with Crippen LogP contribution in [0.1, 0.15) is 0 Å². The molecule has 0 saturated heterocycles. The Bertz CT molecular complexity index is 660. The maximum absolute atomic E-state index is 11.7. The van der Waals surface area contributed by atoms with E-state index < -0.39 is 7.60 Å². The van der Waals surface area contributed by atoms with E-state index in [2.05, 4.69) is 0 Å². The van der Waals surface area contributed by atoms with Crippen LogP contribution >= 0.6 is 18.9 Å². The molecule has 19 heavy (non-hydrogen) atoms. The Balaban J connectivity index is 2.92. The highest BCUT2D eigenvalue weighted by atomic mass is 32.1. The molecule has 2 rings (SSSR count). The van der Waals surface area contributed by atoms with Crippen LogP contribution in [-0.2, 0) is 4.57 Å². The van der Waals surface area contributed by atoms with E-state index in [-0.39, 0.29) is 5.30 Å². The summed E-state index contributed by atoms with van der Waals surface area (Å²) in [6.07, 6.45) is 0. The fourth-order valence-corrected chi connectivity index (χ4v) is 4.16. The Kier molecular flexibility index (Phi) is 3.62. The molecule has 1 aromatic heterocycles. The van der Waals surface area contributed by atoms with Crippen LogP contribution in [0.15, 0.2) is 18.2 Å². The zero-order valence-corrected chi connectivity index (χ0v) is 13.0. The zero-order chi connectivity index (χ0) is 14.4. The maximum atomic E-state index is 11.7. The van der Waals surface area contributed by atoms with Gasteiger partial charge >= 0.3 is 7.60 Å². The van der Waals surface area contributed by atoms with Gasteiger partial charge in [0.25, 0.3) is 0 Å². The van der Waals surface area contributed by atoms with Crippen molar-refractivity contribution in [2.45, 2.75) is 0 Å². The summed E-state index contributed by atoms with van der Waals surface area (Å²) in [7, 11) is 3.33. The third-order valence-corrected chi connectivity index (χ3v) is 5.13. The molecule has 0 aliphatic heterocycles. The Hall–Kier alpha value is -1.07. The van der Waals surface area contributed by atoms with Crippen LogP contribution in [0.25, 0.3) is 10.1 Å². The molecule has 0 saturated carbocycles. The standard InChI is InChI=1S/C12H17N2O3PS/c1-13(2)11-10-8(18(15,16)17)6-5-7-9(10)19-12(11)14(3)4/h5-7H,1-4H3,(H2,15,16,17). The normalized spacial score (nSPS) is 11.9. The first-order valence-electron chi connectivity index (χ1n) is 5.69. The lowest BCUT2D eigenvalue weighted by Crippen LogP contribution is -2.16. The van der Waals surface area contributed by atoms with Crippen LogP contribution < -0.4 is 15.1 Å². The van der Waals surface area contributed by atoms with Crippen molar-refractivity contribution in [3.63, 3.8) is 0 Å². The van der Waals surface area contributed by atoms with Crippen LogP contribution in [0.3, 0.4) is 0 Å². The SMILES string of the molecule is CN(C)c1sc2cccc(P(=O)(O)O)c2c1N(C)C. The number of benzene rings is 1. The molecule has 0 atom stereocenters. The molecule has 2 N–H and O–H groups in total. The van der Waals surface area contributed by atoms with Gasteiger partial charge < -0.3 is 19.6 Å². The molecule has 0 unspecified atom stereocenters. The van der Waals surface area contributed by atoms with Gasteiger partial charge in [0.15, 0.2) is 0 Å². The van der Waals surface area contributed by atoms with Gasteiger partial charge in [-0.25, -0.2) is 0 Å². The van der Waals surface area contributed by atoms with Crippen molar-refractivity contribution >= 4 is 45.0 Å². The number of hydrogen-bond acceptors (Lipinski definition) is 4. The van der Waals surface area contributed by atoms with Crippen LogP contribution in [0.2, 0.25) is 0 Å². The van der Waals surface area contributed by atoms with Crippen molar-refractivity contribution in [1.29, 1.82) is 0 Å². The van der Waals surface area contributed by atoms with Crippen LogP contribution in [0.5, 0.6) is 0 Å². The zero-order valence-electron chi connectivity index (χ0n) is 11.3. The molecule has 0 spiro atoms. The van der Waals surface area contributed by atoms with Crippen molar-refractivity contribution in [2.75, 3.05) is 38.0 Å². The molecule has 1 heterocycles. The summed E-state index contributed by atoms with van der Waals surface area (Å²) >= 11 is 1.53. The summed E-state index contributed by atoms with van der Waals surface area (Å²) in [4.78, 5) is 22.9. The van der Waals surface area contributed by atoms with Gasteiger partial charge in [-0.3, -0.25) is 4.57 Å².